The summed E-state index contributed by atoms with van der Waals surface area (Å²) in [7, 11) is 0. The Labute approximate surface area is 149 Å². The van der Waals surface area contributed by atoms with Crippen LogP contribution in [0.25, 0.3) is 0 Å². The van der Waals surface area contributed by atoms with Crippen LogP contribution in [0.3, 0.4) is 0 Å². The molecule has 24 heavy (non-hydrogen) atoms. The van der Waals surface area contributed by atoms with E-state index in [2.05, 4.69) is 26.1 Å². The summed E-state index contributed by atoms with van der Waals surface area (Å²) in [5, 5.41) is 3.52. The molecule has 0 fully saturated rings. The van der Waals surface area contributed by atoms with Gasteiger partial charge in [-0.1, -0.05) is 44.5 Å². The first kappa shape index (κ1) is 18.3. The summed E-state index contributed by atoms with van der Waals surface area (Å²) < 4.78 is 5.74. The fourth-order valence-corrected chi connectivity index (χ4v) is 2.52. The molecule has 2 rings (SSSR count). The fourth-order valence-electron chi connectivity index (χ4n) is 2.29. The van der Waals surface area contributed by atoms with Crippen molar-refractivity contribution < 1.29 is 9.53 Å². The molecule has 2 aromatic carbocycles. The van der Waals surface area contributed by atoms with Crippen LogP contribution in [0, 0.1) is 6.92 Å². The lowest BCUT2D eigenvalue weighted by Gasteiger charge is -2.20. The highest BCUT2D eigenvalue weighted by molar-refractivity contribution is 6.30. The van der Waals surface area contributed by atoms with Gasteiger partial charge in [-0.3, -0.25) is 4.79 Å². The summed E-state index contributed by atoms with van der Waals surface area (Å²) in [4.78, 5) is 12.3. The Hall–Kier alpha value is -2.00. The lowest BCUT2D eigenvalue weighted by atomic mass is 9.87. The van der Waals surface area contributed by atoms with Gasteiger partial charge >= 0.3 is 0 Å². The number of ether oxygens (including phenoxy) is 1. The van der Waals surface area contributed by atoms with Crippen LogP contribution >= 0.6 is 11.6 Å². The maximum atomic E-state index is 12.3. The Bertz CT molecular complexity index is 717. The van der Waals surface area contributed by atoms with E-state index < -0.39 is 6.10 Å². The Morgan fingerprint density at radius 1 is 1.12 bits per heavy atom. The minimum Gasteiger partial charge on any atom is -0.481 e. The van der Waals surface area contributed by atoms with Gasteiger partial charge in [0.25, 0.3) is 5.91 Å². The summed E-state index contributed by atoms with van der Waals surface area (Å²) in [5.74, 6) is 0.485. The summed E-state index contributed by atoms with van der Waals surface area (Å²) in [6.45, 7) is 10.1. The number of anilines is 1. The molecule has 1 N–H and O–H groups in total. The molecule has 0 aliphatic carbocycles. The number of halogens is 1. The molecule has 1 amide bonds. The number of nitrogens with one attached hydrogen (secondary N) is 1. The van der Waals surface area contributed by atoms with Crippen molar-refractivity contribution >= 4 is 23.2 Å². The highest BCUT2D eigenvalue weighted by Gasteiger charge is 2.17. The number of hydrogen-bond acceptors (Lipinski definition) is 2. The quantitative estimate of drug-likeness (QED) is 0.810. The summed E-state index contributed by atoms with van der Waals surface area (Å²) >= 11 is 5.93. The number of hydrogen-bond donors (Lipinski definition) is 1. The standard InChI is InChI=1S/C20H24ClNO2/c1-13-12-16(21)8-11-18(13)22-19(23)14(2)24-17-9-6-15(7-10-17)20(3,4)5/h6-12,14H,1-5H3,(H,22,23). The molecule has 2 aromatic rings. The van der Waals surface area contributed by atoms with E-state index in [-0.39, 0.29) is 11.3 Å². The molecule has 0 heterocycles. The molecule has 0 aromatic heterocycles. The van der Waals surface area contributed by atoms with Gasteiger partial charge in [0, 0.05) is 10.7 Å². The van der Waals surface area contributed by atoms with E-state index in [0.29, 0.717) is 10.8 Å². The number of carbonyl (C=O) groups is 1. The van der Waals surface area contributed by atoms with E-state index in [1.165, 1.54) is 5.56 Å². The largest absolute Gasteiger partial charge is 0.481 e. The van der Waals surface area contributed by atoms with Crippen LogP contribution < -0.4 is 10.1 Å². The summed E-state index contributed by atoms with van der Waals surface area (Å²) in [6, 6.07) is 13.2. The average Bonchev–Trinajstić information content (AvgIpc) is 2.49. The van der Waals surface area contributed by atoms with E-state index in [1.54, 1.807) is 19.1 Å². The monoisotopic (exact) mass is 345 g/mol. The first-order valence-corrected chi connectivity index (χ1v) is 8.39. The molecule has 0 saturated heterocycles. The van der Waals surface area contributed by atoms with Crippen LogP contribution in [0.1, 0.15) is 38.8 Å². The third-order valence-electron chi connectivity index (χ3n) is 3.85. The predicted molar refractivity (Wildman–Crippen MR) is 100 cm³/mol. The van der Waals surface area contributed by atoms with Crippen LogP contribution in [0.4, 0.5) is 5.69 Å². The second-order valence-electron chi connectivity index (χ2n) is 6.98. The molecule has 0 spiro atoms. The average molecular weight is 346 g/mol. The van der Waals surface area contributed by atoms with Gasteiger partial charge in [0.1, 0.15) is 5.75 Å². The molecular weight excluding hydrogens is 322 g/mol. The zero-order chi connectivity index (χ0) is 17.9. The summed E-state index contributed by atoms with van der Waals surface area (Å²) in [6.07, 6.45) is -0.597. The predicted octanol–water partition coefficient (Wildman–Crippen LogP) is 5.35. The Balaban J connectivity index is 2.01. The number of benzene rings is 2. The molecule has 1 atom stereocenters. The van der Waals surface area contributed by atoms with Crippen molar-refractivity contribution in [2.75, 3.05) is 5.32 Å². The van der Waals surface area contributed by atoms with Gasteiger partial charge in [-0.15, -0.1) is 0 Å². The smallest absolute Gasteiger partial charge is 0.265 e. The van der Waals surface area contributed by atoms with Crippen molar-refractivity contribution in [2.24, 2.45) is 0 Å². The first-order valence-electron chi connectivity index (χ1n) is 8.01. The van der Waals surface area contributed by atoms with Gasteiger partial charge in [0.2, 0.25) is 0 Å². The number of aryl methyl sites for hydroxylation is 1. The van der Waals surface area contributed by atoms with Gasteiger partial charge in [-0.25, -0.2) is 0 Å². The van der Waals surface area contributed by atoms with Crippen LogP contribution in [-0.2, 0) is 10.2 Å². The zero-order valence-electron chi connectivity index (χ0n) is 14.8. The van der Waals surface area contributed by atoms with E-state index in [1.807, 2.05) is 37.3 Å². The van der Waals surface area contributed by atoms with Crippen molar-refractivity contribution in [2.45, 2.75) is 46.1 Å². The molecule has 4 heteroatoms. The minimum absolute atomic E-state index is 0.0909. The van der Waals surface area contributed by atoms with Crippen molar-refractivity contribution in [3.63, 3.8) is 0 Å². The van der Waals surface area contributed by atoms with Crippen molar-refractivity contribution in [1.82, 2.24) is 0 Å². The molecular formula is C20H24ClNO2. The Kier molecular flexibility index (Phi) is 5.55. The Morgan fingerprint density at radius 2 is 1.75 bits per heavy atom. The van der Waals surface area contributed by atoms with Crippen molar-refractivity contribution in [1.29, 1.82) is 0 Å². The first-order chi connectivity index (χ1) is 11.2. The third-order valence-corrected chi connectivity index (χ3v) is 4.08. The van der Waals surface area contributed by atoms with E-state index in [4.69, 9.17) is 16.3 Å². The molecule has 0 bridgehead atoms. The SMILES string of the molecule is Cc1cc(Cl)ccc1NC(=O)C(C)Oc1ccc(C(C)(C)C)cc1. The van der Waals surface area contributed by atoms with Gasteiger partial charge in [-0.05, 0) is 60.7 Å². The van der Waals surface area contributed by atoms with Crippen molar-refractivity contribution in [3.8, 4) is 5.75 Å². The van der Waals surface area contributed by atoms with Gasteiger partial charge in [0.05, 0.1) is 0 Å². The maximum absolute atomic E-state index is 12.3. The van der Waals surface area contributed by atoms with Gasteiger partial charge in [-0.2, -0.15) is 0 Å². The van der Waals surface area contributed by atoms with Crippen LogP contribution in [-0.4, -0.2) is 12.0 Å². The highest BCUT2D eigenvalue weighted by Crippen LogP contribution is 2.25. The Morgan fingerprint density at radius 3 is 2.29 bits per heavy atom. The fraction of sp³-hybridized carbons (Fsp3) is 0.350. The normalized spacial score (nSPS) is 12.6. The lowest BCUT2D eigenvalue weighted by Crippen LogP contribution is -2.30. The molecule has 0 aliphatic heterocycles. The highest BCUT2D eigenvalue weighted by atomic mass is 35.5. The van der Waals surface area contributed by atoms with Gasteiger partial charge in [0.15, 0.2) is 6.10 Å². The van der Waals surface area contributed by atoms with Crippen LogP contribution in [0.15, 0.2) is 42.5 Å². The number of amides is 1. The molecule has 128 valence electrons. The second-order valence-corrected chi connectivity index (χ2v) is 7.42. The zero-order valence-corrected chi connectivity index (χ0v) is 15.6. The summed E-state index contributed by atoms with van der Waals surface area (Å²) in [5.41, 5.74) is 2.97. The third kappa shape index (κ3) is 4.75. The van der Waals surface area contributed by atoms with E-state index in [9.17, 15) is 4.79 Å². The maximum Gasteiger partial charge on any atom is 0.265 e. The molecule has 1 unspecified atom stereocenters. The van der Waals surface area contributed by atoms with Crippen molar-refractivity contribution in [3.05, 3.63) is 58.6 Å². The van der Waals surface area contributed by atoms with Gasteiger partial charge < -0.3 is 10.1 Å². The number of carbonyl (C=O) groups excluding carboxylic acids is 1. The minimum atomic E-state index is -0.597. The number of rotatable bonds is 4. The van der Waals surface area contributed by atoms with Crippen LogP contribution in [0.2, 0.25) is 5.02 Å². The van der Waals surface area contributed by atoms with E-state index >= 15 is 0 Å². The topological polar surface area (TPSA) is 38.3 Å². The lowest BCUT2D eigenvalue weighted by molar-refractivity contribution is -0.122. The molecule has 0 radical (unpaired) electrons. The molecule has 3 nitrogen and oxygen atoms in total. The van der Waals surface area contributed by atoms with Crippen LogP contribution in [0.5, 0.6) is 5.75 Å². The molecule has 0 saturated carbocycles. The molecule has 0 aliphatic rings. The van der Waals surface area contributed by atoms with E-state index in [0.717, 1.165) is 11.3 Å². The second kappa shape index (κ2) is 7.27.